The van der Waals surface area contributed by atoms with Crippen LogP contribution in [0.4, 0.5) is 0 Å². The Bertz CT molecular complexity index is 204. The van der Waals surface area contributed by atoms with E-state index in [4.69, 9.17) is 0 Å². The van der Waals surface area contributed by atoms with Crippen LogP contribution in [0.25, 0.3) is 0 Å². The van der Waals surface area contributed by atoms with Crippen LogP contribution in [-0.4, -0.2) is 36.7 Å². The maximum Gasteiger partial charge on any atom is 0.0111 e. The summed E-state index contributed by atoms with van der Waals surface area (Å²) in [6.07, 6.45) is 8.42. The molecule has 0 aromatic carbocycles. The zero-order valence-electron chi connectivity index (χ0n) is 11.2. The Morgan fingerprint density at radius 3 is 2.94 bits per heavy atom. The van der Waals surface area contributed by atoms with Crippen LogP contribution in [0.2, 0.25) is 0 Å². The summed E-state index contributed by atoms with van der Waals surface area (Å²) in [7, 11) is 0. The number of hydrogen-bond acceptors (Lipinski definition) is 3. The number of rotatable bonds is 7. The summed E-state index contributed by atoms with van der Waals surface area (Å²) in [5.41, 5.74) is 0. The van der Waals surface area contributed by atoms with E-state index in [1.807, 2.05) is 0 Å². The van der Waals surface area contributed by atoms with Gasteiger partial charge in [0.05, 0.1) is 0 Å². The molecule has 1 saturated heterocycles. The molecule has 0 amide bonds. The normalized spacial score (nSPS) is 33.4. The lowest BCUT2D eigenvalue weighted by molar-refractivity contribution is 0.322. The van der Waals surface area contributed by atoms with Gasteiger partial charge in [-0.1, -0.05) is 13.3 Å². The first-order chi connectivity index (χ1) is 8.42. The summed E-state index contributed by atoms with van der Waals surface area (Å²) >= 11 is 2.06. The van der Waals surface area contributed by atoms with E-state index < -0.39 is 0 Å². The topological polar surface area (TPSA) is 24.1 Å². The first-order valence-corrected chi connectivity index (χ1v) is 8.62. The highest BCUT2D eigenvalue weighted by atomic mass is 32.2. The molecule has 0 aromatic rings. The minimum absolute atomic E-state index is 0.803. The Morgan fingerprint density at radius 2 is 2.18 bits per heavy atom. The summed E-state index contributed by atoms with van der Waals surface area (Å²) in [5.74, 6) is 3.50. The Hall–Kier alpha value is 0.270. The highest BCUT2D eigenvalue weighted by molar-refractivity contribution is 7.99. The maximum absolute atomic E-state index is 3.81. The minimum Gasteiger partial charge on any atom is -0.314 e. The van der Waals surface area contributed by atoms with Crippen molar-refractivity contribution in [2.75, 3.05) is 24.6 Å². The predicted molar refractivity (Wildman–Crippen MR) is 77.8 cm³/mol. The van der Waals surface area contributed by atoms with Gasteiger partial charge in [-0.15, -0.1) is 0 Å². The first kappa shape index (κ1) is 13.7. The molecule has 17 heavy (non-hydrogen) atoms. The minimum atomic E-state index is 0.803. The predicted octanol–water partition coefficient (Wildman–Crippen LogP) is 2.64. The van der Waals surface area contributed by atoms with Crippen molar-refractivity contribution in [3.8, 4) is 0 Å². The first-order valence-electron chi connectivity index (χ1n) is 7.46. The van der Waals surface area contributed by atoms with Gasteiger partial charge in [-0.3, -0.25) is 0 Å². The molecule has 0 radical (unpaired) electrons. The molecule has 0 spiro atoms. The van der Waals surface area contributed by atoms with E-state index in [-0.39, 0.29) is 0 Å². The molecule has 2 rings (SSSR count). The third-order valence-corrected chi connectivity index (χ3v) is 5.25. The second kappa shape index (κ2) is 7.65. The summed E-state index contributed by atoms with van der Waals surface area (Å²) < 4.78 is 0. The van der Waals surface area contributed by atoms with Gasteiger partial charge in [-0.25, -0.2) is 0 Å². The molecular weight excluding hydrogens is 228 g/mol. The average molecular weight is 256 g/mol. The average Bonchev–Trinajstić information content (AvgIpc) is 2.98. The zero-order chi connectivity index (χ0) is 11.9. The standard InChI is InChI=1S/C14H28N2S/c1-2-17-11-5-10-16-13-7-3-6-12(13)14-8-4-9-15-14/h12-16H,2-11H2,1H3. The second-order valence-electron chi connectivity index (χ2n) is 5.41. The molecule has 3 heteroatoms. The van der Waals surface area contributed by atoms with Gasteiger partial charge in [-0.05, 0) is 62.6 Å². The van der Waals surface area contributed by atoms with Crippen LogP contribution in [0.3, 0.4) is 0 Å². The van der Waals surface area contributed by atoms with Crippen molar-refractivity contribution >= 4 is 11.8 Å². The molecule has 2 aliphatic rings. The smallest absolute Gasteiger partial charge is 0.0111 e. The van der Waals surface area contributed by atoms with Crippen molar-refractivity contribution in [2.45, 2.75) is 57.5 Å². The molecule has 1 saturated carbocycles. The fourth-order valence-electron chi connectivity index (χ4n) is 3.41. The highest BCUT2D eigenvalue weighted by Gasteiger charge is 2.34. The van der Waals surface area contributed by atoms with Crippen LogP contribution in [-0.2, 0) is 0 Å². The van der Waals surface area contributed by atoms with Crippen molar-refractivity contribution in [1.29, 1.82) is 0 Å². The Labute approximate surface area is 111 Å². The van der Waals surface area contributed by atoms with Gasteiger partial charge in [-0.2, -0.15) is 11.8 Å². The van der Waals surface area contributed by atoms with Crippen molar-refractivity contribution in [3.63, 3.8) is 0 Å². The Balaban J connectivity index is 1.64. The summed E-state index contributed by atoms with van der Waals surface area (Å²) in [4.78, 5) is 0. The lowest BCUT2D eigenvalue weighted by Gasteiger charge is -2.26. The van der Waals surface area contributed by atoms with E-state index in [0.717, 1.165) is 18.0 Å². The molecule has 3 atom stereocenters. The Morgan fingerprint density at radius 1 is 1.24 bits per heavy atom. The Kier molecular flexibility index (Phi) is 6.16. The monoisotopic (exact) mass is 256 g/mol. The summed E-state index contributed by atoms with van der Waals surface area (Å²) in [6.45, 7) is 4.72. The quantitative estimate of drug-likeness (QED) is 0.685. The van der Waals surface area contributed by atoms with Crippen molar-refractivity contribution in [1.82, 2.24) is 10.6 Å². The van der Waals surface area contributed by atoms with Gasteiger partial charge in [0.15, 0.2) is 0 Å². The molecular formula is C14H28N2S. The van der Waals surface area contributed by atoms with E-state index in [2.05, 4.69) is 29.3 Å². The zero-order valence-corrected chi connectivity index (χ0v) is 12.0. The fourth-order valence-corrected chi connectivity index (χ4v) is 4.04. The second-order valence-corrected chi connectivity index (χ2v) is 6.80. The summed E-state index contributed by atoms with van der Waals surface area (Å²) in [5, 5.41) is 7.51. The largest absolute Gasteiger partial charge is 0.314 e. The van der Waals surface area contributed by atoms with E-state index in [1.165, 1.54) is 63.1 Å². The molecule has 2 N–H and O–H groups in total. The molecule has 1 aliphatic carbocycles. The van der Waals surface area contributed by atoms with Gasteiger partial charge in [0.1, 0.15) is 0 Å². The van der Waals surface area contributed by atoms with Gasteiger partial charge >= 0.3 is 0 Å². The van der Waals surface area contributed by atoms with Gasteiger partial charge in [0, 0.05) is 12.1 Å². The molecule has 3 unspecified atom stereocenters. The van der Waals surface area contributed by atoms with Crippen LogP contribution in [0.1, 0.15) is 45.4 Å². The lowest BCUT2D eigenvalue weighted by Crippen LogP contribution is -2.42. The molecule has 0 aromatic heterocycles. The van der Waals surface area contributed by atoms with E-state index in [9.17, 15) is 0 Å². The van der Waals surface area contributed by atoms with Gasteiger partial charge < -0.3 is 10.6 Å². The third kappa shape index (κ3) is 4.15. The summed E-state index contributed by atoms with van der Waals surface area (Å²) in [6, 6.07) is 1.62. The fraction of sp³-hybridized carbons (Fsp3) is 1.00. The lowest BCUT2D eigenvalue weighted by atomic mass is 9.93. The number of nitrogens with one attached hydrogen (secondary N) is 2. The van der Waals surface area contributed by atoms with E-state index in [1.54, 1.807) is 0 Å². The SMILES string of the molecule is CCSCCCNC1CCCC1C1CCCN1. The van der Waals surface area contributed by atoms with E-state index in [0.29, 0.717) is 0 Å². The highest BCUT2D eigenvalue weighted by Crippen LogP contribution is 2.31. The van der Waals surface area contributed by atoms with Crippen LogP contribution in [0.5, 0.6) is 0 Å². The van der Waals surface area contributed by atoms with Crippen molar-refractivity contribution < 1.29 is 0 Å². The van der Waals surface area contributed by atoms with Crippen LogP contribution >= 0.6 is 11.8 Å². The molecule has 100 valence electrons. The van der Waals surface area contributed by atoms with Crippen LogP contribution in [0.15, 0.2) is 0 Å². The molecule has 2 fully saturated rings. The molecule has 2 nitrogen and oxygen atoms in total. The molecule has 1 aliphatic heterocycles. The van der Waals surface area contributed by atoms with Gasteiger partial charge in [0.25, 0.3) is 0 Å². The van der Waals surface area contributed by atoms with Crippen molar-refractivity contribution in [2.24, 2.45) is 5.92 Å². The van der Waals surface area contributed by atoms with E-state index >= 15 is 0 Å². The molecule has 1 heterocycles. The van der Waals surface area contributed by atoms with Crippen LogP contribution in [0, 0.1) is 5.92 Å². The van der Waals surface area contributed by atoms with Gasteiger partial charge in [0.2, 0.25) is 0 Å². The van der Waals surface area contributed by atoms with Crippen LogP contribution < -0.4 is 10.6 Å². The third-order valence-electron chi connectivity index (χ3n) is 4.26. The molecule has 0 bridgehead atoms. The number of thioether (sulfide) groups is 1. The maximum atomic E-state index is 3.81. The van der Waals surface area contributed by atoms with Crippen molar-refractivity contribution in [3.05, 3.63) is 0 Å². The number of hydrogen-bond donors (Lipinski definition) is 2.